The Hall–Kier alpha value is -3.79. The number of amides is 3. The van der Waals surface area contributed by atoms with E-state index in [1.807, 2.05) is 12.2 Å². The zero-order valence-corrected chi connectivity index (χ0v) is 22.5. The van der Waals surface area contributed by atoms with Crippen LogP contribution >= 0.6 is 34.5 Å². The van der Waals surface area contributed by atoms with Crippen molar-refractivity contribution in [3.05, 3.63) is 98.2 Å². The SMILES string of the molecule is O=C(CN(C(=O)c1ccc(Cl)c(Cl)c1)N1C(=O)[C@@H]2CC=CC[C@H]2C1=O)c1ccc(OC(=O)c2cccs2)cc1. The normalized spacial score (nSPS) is 18.2. The number of ketones is 1. The average molecular weight is 583 g/mol. The van der Waals surface area contributed by atoms with Gasteiger partial charge in [0.2, 0.25) is 0 Å². The summed E-state index contributed by atoms with van der Waals surface area (Å²) >= 11 is 13.3. The molecule has 0 radical (unpaired) electrons. The maximum atomic E-state index is 13.6. The highest BCUT2D eigenvalue weighted by molar-refractivity contribution is 7.12. The number of thiophene rings is 1. The highest BCUT2D eigenvalue weighted by Gasteiger charge is 2.51. The molecule has 3 aromatic rings. The van der Waals surface area contributed by atoms with Crippen LogP contribution in [0.2, 0.25) is 10.0 Å². The number of hydrogen-bond acceptors (Lipinski definition) is 7. The Morgan fingerprint density at radius 3 is 2.13 bits per heavy atom. The van der Waals surface area contributed by atoms with Crippen LogP contribution in [0.3, 0.4) is 0 Å². The second-order valence-electron chi connectivity index (χ2n) is 8.95. The van der Waals surface area contributed by atoms with Crippen molar-refractivity contribution in [1.82, 2.24) is 10.0 Å². The summed E-state index contributed by atoms with van der Waals surface area (Å²) in [7, 11) is 0. The van der Waals surface area contributed by atoms with Crippen LogP contribution in [0, 0.1) is 11.8 Å². The molecule has 0 bridgehead atoms. The lowest BCUT2D eigenvalue weighted by Crippen LogP contribution is -2.52. The molecule has 5 rings (SSSR count). The maximum absolute atomic E-state index is 13.6. The fourth-order valence-electron chi connectivity index (χ4n) is 4.52. The number of carbonyl (C=O) groups excluding carboxylic acids is 5. The first-order chi connectivity index (χ1) is 18.7. The number of Topliss-reactive ketones (excluding diaryl/α,β-unsaturated/α-hetero) is 1. The monoisotopic (exact) mass is 582 g/mol. The largest absolute Gasteiger partial charge is 0.422 e. The summed E-state index contributed by atoms with van der Waals surface area (Å²) in [6.45, 7) is -0.586. The Morgan fingerprint density at radius 1 is 0.897 bits per heavy atom. The number of allylic oxidation sites excluding steroid dienone is 2. The third-order valence-electron chi connectivity index (χ3n) is 6.53. The minimum atomic E-state index is -0.753. The first-order valence-electron chi connectivity index (χ1n) is 11.9. The molecular formula is C28H20Cl2N2O6S. The predicted octanol–water partition coefficient (Wildman–Crippen LogP) is 5.47. The van der Waals surface area contributed by atoms with E-state index >= 15 is 0 Å². The topological polar surface area (TPSA) is 101 Å². The lowest BCUT2D eigenvalue weighted by Gasteiger charge is -2.30. The van der Waals surface area contributed by atoms with Crippen LogP contribution in [-0.4, -0.2) is 46.0 Å². The van der Waals surface area contributed by atoms with Gasteiger partial charge in [-0.2, -0.15) is 5.01 Å². The maximum Gasteiger partial charge on any atom is 0.353 e. The molecule has 0 spiro atoms. The number of rotatable bonds is 7. The van der Waals surface area contributed by atoms with Crippen LogP contribution in [-0.2, 0) is 9.59 Å². The number of fused-ring (bicyclic) bond motifs is 1. The number of halogens is 2. The molecule has 1 aromatic heterocycles. The summed E-state index contributed by atoms with van der Waals surface area (Å²) < 4.78 is 5.32. The van der Waals surface area contributed by atoms with Gasteiger partial charge in [0.1, 0.15) is 17.2 Å². The summed E-state index contributed by atoms with van der Waals surface area (Å²) in [5.41, 5.74) is 0.248. The molecule has 0 unspecified atom stereocenters. The van der Waals surface area contributed by atoms with Gasteiger partial charge in [-0.15, -0.1) is 11.3 Å². The van der Waals surface area contributed by atoms with E-state index in [-0.39, 0.29) is 26.9 Å². The number of nitrogens with zero attached hydrogens (tertiary/aromatic N) is 2. The lowest BCUT2D eigenvalue weighted by molar-refractivity contribution is -0.154. The number of ether oxygens (including phenoxy) is 1. The second kappa shape index (κ2) is 11.1. The quantitative estimate of drug-likeness (QED) is 0.120. The van der Waals surface area contributed by atoms with Crippen LogP contribution in [0.4, 0.5) is 0 Å². The molecule has 2 aliphatic rings. The van der Waals surface area contributed by atoms with Crippen LogP contribution in [0.5, 0.6) is 5.75 Å². The number of hydrazine groups is 1. The average Bonchev–Trinajstić information content (AvgIpc) is 3.57. The summed E-state index contributed by atoms with van der Waals surface area (Å²) in [5, 5.41) is 3.75. The van der Waals surface area contributed by atoms with E-state index in [2.05, 4.69) is 0 Å². The van der Waals surface area contributed by atoms with E-state index in [1.165, 1.54) is 53.8 Å². The number of hydrogen-bond donors (Lipinski definition) is 0. The van der Waals surface area contributed by atoms with Crippen molar-refractivity contribution in [3.8, 4) is 5.75 Å². The van der Waals surface area contributed by atoms with Gasteiger partial charge in [-0.3, -0.25) is 19.2 Å². The number of esters is 1. The summed E-state index contributed by atoms with van der Waals surface area (Å²) in [6, 6.07) is 13.3. The van der Waals surface area contributed by atoms with Crippen molar-refractivity contribution in [2.24, 2.45) is 11.8 Å². The Bertz CT molecular complexity index is 1480. The Balaban J connectivity index is 1.40. The third kappa shape index (κ3) is 5.38. The van der Waals surface area contributed by atoms with Gasteiger partial charge in [0.15, 0.2) is 5.78 Å². The van der Waals surface area contributed by atoms with Gasteiger partial charge < -0.3 is 4.74 Å². The lowest BCUT2D eigenvalue weighted by atomic mass is 9.85. The van der Waals surface area contributed by atoms with E-state index in [0.29, 0.717) is 17.7 Å². The van der Waals surface area contributed by atoms with E-state index in [0.717, 1.165) is 10.0 Å². The van der Waals surface area contributed by atoms with E-state index in [4.69, 9.17) is 27.9 Å². The van der Waals surface area contributed by atoms with Crippen LogP contribution in [0.15, 0.2) is 72.1 Å². The van der Waals surface area contributed by atoms with E-state index < -0.39 is 47.9 Å². The van der Waals surface area contributed by atoms with E-state index in [9.17, 15) is 24.0 Å². The molecule has 1 aliphatic carbocycles. The molecule has 1 saturated heterocycles. The van der Waals surface area contributed by atoms with E-state index in [1.54, 1.807) is 17.5 Å². The zero-order chi connectivity index (χ0) is 27.7. The molecule has 39 heavy (non-hydrogen) atoms. The molecule has 1 aliphatic heterocycles. The predicted molar refractivity (Wildman–Crippen MR) is 145 cm³/mol. The standard InChI is InChI=1S/C28H20Cl2N2O6S/c29-21-12-9-17(14-22(21)30)25(34)31(32-26(35)19-4-1-2-5-20(19)27(32)36)15-23(33)16-7-10-18(11-8-16)38-28(37)24-6-3-13-39-24/h1-3,6-14,19-20H,4-5,15H2/t19-,20-/m1/s1. The number of carbonyl (C=O) groups is 5. The zero-order valence-electron chi connectivity index (χ0n) is 20.2. The fourth-order valence-corrected chi connectivity index (χ4v) is 5.42. The molecule has 3 amide bonds. The Kier molecular flexibility index (Phi) is 7.65. The highest BCUT2D eigenvalue weighted by Crippen LogP contribution is 2.36. The fraction of sp³-hybridized carbons (Fsp3) is 0.179. The number of imide groups is 1. The van der Waals surface area contributed by atoms with Crippen molar-refractivity contribution >= 4 is 64.0 Å². The molecule has 11 heteroatoms. The molecule has 0 saturated carbocycles. The molecule has 1 fully saturated rings. The summed E-state index contributed by atoms with van der Waals surface area (Å²) in [5.74, 6) is -3.85. The van der Waals surface area contributed by atoms with Crippen LogP contribution < -0.4 is 4.74 Å². The van der Waals surface area contributed by atoms with Gasteiger partial charge in [0.05, 0.1) is 21.9 Å². The van der Waals surface area contributed by atoms with Crippen LogP contribution in [0.25, 0.3) is 0 Å². The summed E-state index contributed by atoms with van der Waals surface area (Å²) in [4.78, 5) is 66.1. The molecule has 2 atom stereocenters. The first-order valence-corrected chi connectivity index (χ1v) is 13.6. The number of benzene rings is 2. The van der Waals surface area contributed by atoms with Crippen molar-refractivity contribution in [2.75, 3.05) is 6.54 Å². The van der Waals surface area contributed by atoms with Crippen molar-refractivity contribution in [2.45, 2.75) is 12.8 Å². The summed E-state index contributed by atoms with van der Waals surface area (Å²) in [6.07, 6.45) is 4.41. The van der Waals surface area contributed by atoms with Crippen LogP contribution in [0.1, 0.15) is 43.2 Å². The molecular weight excluding hydrogens is 563 g/mol. The second-order valence-corrected chi connectivity index (χ2v) is 10.7. The van der Waals surface area contributed by atoms with Gasteiger partial charge >= 0.3 is 5.97 Å². The first kappa shape index (κ1) is 26.8. The minimum absolute atomic E-state index is 0.0571. The molecule has 2 heterocycles. The minimum Gasteiger partial charge on any atom is -0.422 e. The van der Waals surface area contributed by atoms with Crippen molar-refractivity contribution < 1.29 is 28.7 Å². The molecule has 0 N–H and O–H groups in total. The van der Waals surface area contributed by atoms with Crippen molar-refractivity contribution in [1.29, 1.82) is 0 Å². The molecule has 198 valence electrons. The third-order valence-corrected chi connectivity index (χ3v) is 8.12. The molecule has 2 aromatic carbocycles. The van der Waals surface area contributed by atoms with Gasteiger partial charge in [0.25, 0.3) is 17.7 Å². The van der Waals surface area contributed by atoms with Gasteiger partial charge in [0, 0.05) is 11.1 Å². The Morgan fingerprint density at radius 2 is 1.54 bits per heavy atom. The molecule has 8 nitrogen and oxygen atoms in total. The highest BCUT2D eigenvalue weighted by atomic mass is 35.5. The Labute approximate surface area is 237 Å². The van der Waals surface area contributed by atoms with Gasteiger partial charge in [-0.25, -0.2) is 9.80 Å². The van der Waals surface area contributed by atoms with Crippen molar-refractivity contribution in [3.63, 3.8) is 0 Å². The van der Waals surface area contributed by atoms with Gasteiger partial charge in [-0.05, 0) is 66.8 Å². The smallest absolute Gasteiger partial charge is 0.353 e. The van der Waals surface area contributed by atoms with Gasteiger partial charge in [-0.1, -0.05) is 41.4 Å².